The first-order chi connectivity index (χ1) is 7.90. The van der Waals surface area contributed by atoms with Crippen molar-refractivity contribution < 1.29 is 9.59 Å². The summed E-state index contributed by atoms with van der Waals surface area (Å²) in [6.07, 6.45) is 2.60. The molecule has 0 fully saturated rings. The van der Waals surface area contributed by atoms with Gasteiger partial charge in [-0.15, -0.1) is 0 Å². The first-order valence-corrected chi connectivity index (χ1v) is 5.48. The van der Waals surface area contributed by atoms with Gasteiger partial charge in [0.25, 0.3) is 0 Å². The molecule has 0 saturated heterocycles. The Labute approximate surface area is 116 Å². The van der Waals surface area contributed by atoms with Gasteiger partial charge in [-0.05, 0) is 12.1 Å². The van der Waals surface area contributed by atoms with Crippen molar-refractivity contribution in [1.82, 2.24) is 0 Å². The molecule has 0 aliphatic rings. The first kappa shape index (κ1) is 14.2. The standard InChI is InChI=1S/C9H2Cl4N2O2/c10-6-1-5(9(11,12)13)7(14-3-16)2-8(6)15-4-17/h1-2H. The third kappa shape index (κ3) is 3.55. The predicted octanol–water partition coefficient (Wildman–Crippen LogP) is 4.10. The summed E-state index contributed by atoms with van der Waals surface area (Å²) in [5.74, 6) is 0. The third-order valence-electron chi connectivity index (χ3n) is 1.70. The molecule has 8 heteroatoms. The number of alkyl halides is 3. The molecule has 88 valence electrons. The third-order valence-corrected chi connectivity index (χ3v) is 2.62. The largest absolute Gasteiger partial charge is 0.240 e. The molecule has 1 aromatic carbocycles. The normalized spacial score (nSPS) is 10.4. The van der Waals surface area contributed by atoms with Gasteiger partial charge >= 0.3 is 0 Å². The Morgan fingerprint density at radius 3 is 2.00 bits per heavy atom. The van der Waals surface area contributed by atoms with Crippen LogP contribution in [0.2, 0.25) is 5.02 Å². The minimum atomic E-state index is -1.82. The van der Waals surface area contributed by atoms with Crippen LogP contribution < -0.4 is 0 Å². The van der Waals surface area contributed by atoms with Crippen LogP contribution in [0.5, 0.6) is 0 Å². The minimum absolute atomic E-state index is 0.0124. The molecule has 0 atom stereocenters. The summed E-state index contributed by atoms with van der Waals surface area (Å²) >= 11 is 22.8. The fourth-order valence-corrected chi connectivity index (χ4v) is 1.71. The number of nitrogens with zero attached hydrogens (tertiary/aromatic N) is 2. The highest BCUT2D eigenvalue weighted by Crippen LogP contribution is 2.46. The van der Waals surface area contributed by atoms with Crippen molar-refractivity contribution in [3.63, 3.8) is 0 Å². The highest BCUT2D eigenvalue weighted by molar-refractivity contribution is 6.67. The lowest BCUT2D eigenvalue weighted by molar-refractivity contribution is 0.565. The van der Waals surface area contributed by atoms with Gasteiger partial charge in [-0.1, -0.05) is 46.4 Å². The molecule has 0 aliphatic heterocycles. The number of isocyanates is 2. The van der Waals surface area contributed by atoms with E-state index in [9.17, 15) is 9.59 Å². The second-order valence-electron chi connectivity index (χ2n) is 2.72. The van der Waals surface area contributed by atoms with E-state index in [0.29, 0.717) is 0 Å². The molecule has 1 rings (SSSR count). The molecular formula is C9H2Cl4N2O2. The fourth-order valence-electron chi connectivity index (χ4n) is 1.05. The quantitative estimate of drug-likeness (QED) is 0.469. The van der Waals surface area contributed by atoms with Crippen LogP contribution >= 0.6 is 46.4 Å². The summed E-state index contributed by atoms with van der Waals surface area (Å²) in [6, 6.07) is 2.47. The number of hydrogen-bond donors (Lipinski definition) is 0. The van der Waals surface area contributed by atoms with Gasteiger partial charge in [-0.3, -0.25) is 0 Å². The maximum absolute atomic E-state index is 10.2. The van der Waals surface area contributed by atoms with Crippen molar-refractivity contribution in [2.24, 2.45) is 9.98 Å². The predicted molar refractivity (Wildman–Crippen MR) is 66.3 cm³/mol. The molecule has 0 amide bonds. The van der Waals surface area contributed by atoms with Crippen LogP contribution in [0, 0.1) is 0 Å². The van der Waals surface area contributed by atoms with Crippen LogP contribution in [0.4, 0.5) is 11.4 Å². The monoisotopic (exact) mass is 310 g/mol. The molecule has 0 bridgehead atoms. The molecule has 0 aromatic heterocycles. The van der Waals surface area contributed by atoms with E-state index in [-0.39, 0.29) is 22.0 Å². The Morgan fingerprint density at radius 2 is 1.53 bits per heavy atom. The van der Waals surface area contributed by atoms with Crippen molar-refractivity contribution in [1.29, 1.82) is 0 Å². The highest BCUT2D eigenvalue weighted by atomic mass is 35.6. The van der Waals surface area contributed by atoms with Gasteiger partial charge in [0, 0.05) is 5.56 Å². The van der Waals surface area contributed by atoms with Crippen LogP contribution in [0.25, 0.3) is 0 Å². The second-order valence-corrected chi connectivity index (χ2v) is 5.41. The van der Waals surface area contributed by atoms with Gasteiger partial charge in [0.05, 0.1) is 16.4 Å². The van der Waals surface area contributed by atoms with Gasteiger partial charge in [0.15, 0.2) is 0 Å². The zero-order chi connectivity index (χ0) is 13.1. The summed E-state index contributed by atoms with van der Waals surface area (Å²) in [5.41, 5.74) is 0.160. The number of rotatable bonds is 2. The molecule has 0 aliphatic carbocycles. The molecule has 0 spiro atoms. The van der Waals surface area contributed by atoms with Crippen molar-refractivity contribution in [2.75, 3.05) is 0 Å². The molecular weight excluding hydrogens is 310 g/mol. The summed E-state index contributed by atoms with van der Waals surface area (Å²) in [5, 5.41) is 0.0690. The Bertz CT molecular complexity index is 541. The Hall–Kier alpha value is -0.860. The molecule has 0 radical (unpaired) electrons. The SMILES string of the molecule is O=C=Nc1cc(N=C=O)c(C(Cl)(Cl)Cl)cc1Cl. The van der Waals surface area contributed by atoms with E-state index in [1.165, 1.54) is 24.3 Å². The Morgan fingerprint density at radius 1 is 1.00 bits per heavy atom. The van der Waals surface area contributed by atoms with Gasteiger partial charge in [-0.25, -0.2) is 9.59 Å². The molecule has 0 N–H and O–H groups in total. The maximum Gasteiger partial charge on any atom is 0.240 e. The van der Waals surface area contributed by atoms with Gasteiger partial charge in [0.2, 0.25) is 16.0 Å². The van der Waals surface area contributed by atoms with E-state index in [1.54, 1.807) is 0 Å². The van der Waals surface area contributed by atoms with Crippen molar-refractivity contribution in [3.05, 3.63) is 22.7 Å². The zero-order valence-corrected chi connectivity index (χ0v) is 10.9. The van der Waals surface area contributed by atoms with Crippen LogP contribution in [0.15, 0.2) is 22.1 Å². The average Bonchev–Trinajstić information content (AvgIpc) is 2.21. The maximum atomic E-state index is 10.2. The second kappa shape index (κ2) is 5.65. The van der Waals surface area contributed by atoms with Crippen LogP contribution in [0.1, 0.15) is 5.56 Å². The van der Waals surface area contributed by atoms with Crippen LogP contribution in [-0.2, 0) is 13.4 Å². The van der Waals surface area contributed by atoms with E-state index >= 15 is 0 Å². The van der Waals surface area contributed by atoms with Crippen LogP contribution in [-0.4, -0.2) is 12.2 Å². The summed E-state index contributed by atoms with van der Waals surface area (Å²) < 4.78 is -1.82. The smallest absolute Gasteiger partial charge is 0.211 e. The molecule has 0 unspecified atom stereocenters. The summed E-state index contributed by atoms with van der Waals surface area (Å²) in [4.78, 5) is 27.1. The van der Waals surface area contributed by atoms with Gasteiger partial charge in [-0.2, -0.15) is 9.98 Å². The highest BCUT2D eigenvalue weighted by Gasteiger charge is 2.27. The minimum Gasteiger partial charge on any atom is -0.211 e. The molecule has 1 aromatic rings. The lowest BCUT2D eigenvalue weighted by atomic mass is 10.2. The average molecular weight is 312 g/mol. The number of aliphatic imine (C=N–C) groups is 2. The van der Waals surface area contributed by atoms with Gasteiger partial charge in [0.1, 0.15) is 0 Å². The van der Waals surface area contributed by atoms with E-state index in [4.69, 9.17) is 46.4 Å². The van der Waals surface area contributed by atoms with Crippen molar-refractivity contribution >= 4 is 69.9 Å². The molecule has 0 heterocycles. The number of halogens is 4. The molecule has 4 nitrogen and oxygen atoms in total. The number of hydrogen-bond acceptors (Lipinski definition) is 4. The number of carbonyl (C=O) groups excluding carboxylic acids is 2. The topological polar surface area (TPSA) is 58.9 Å². The molecule has 17 heavy (non-hydrogen) atoms. The lowest BCUT2D eigenvalue weighted by Gasteiger charge is -2.14. The Kier molecular flexibility index (Phi) is 4.72. The van der Waals surface area contributed by atoms with E-state index in [1.807, 2.05) is 0 Å². The lowest BCUT2D eigenvalue weighted by Crippen LogP contribution is -2.00. The van der Waals surface area contributed by atoms with Gasteiger partial charge < -0.3 is 0 Å². The van der Waals surface area contributed by atoms with Crippen LogP contribution in [0.3, 0.4) is 0 Å². The number of benzene rings is 1. The van der Waals surface area contributed by atoms with E-state index in [0.717, 1.165) is 0 Å². The van der Waals surface area contributed by atoms with E-state index < -0.39 is 3.79 Å². The fraction of sp³-hybridized carbons (Fsp3) is 0.111. The van der Waals surface area contributed by atoms with Crippen molar-refractivity contribution in [2.45, 2.75) is 3.79 Å². The first-order valence-electron chi connectivity index (χ1n) is 3.96. The molecule has 0 saturated carbocycles. The summed E-state index contributed by atoms with van der Waals surface area (Å²) in [6.45, 7) is 0. The van der Waals surface area contributed by atoms with Crippen molar-refractivity contribution in [3.8, 4) is 0 Å². The summed E-state index contributed by atoms with van der Waals surface area (Å²) in [7, 11) is 0. The zero-order valence-electron chi connectivity index (χ0n) is 7.88. The van der Waals surface area contributed by atoms with E-state index in [2.05, 4.69) is 9.98 Å². The Balaban J connectivity index is 3.57.